The molecule has 0 unspecified atom stereocenters. The molecule has 0 heterocycles. The second-order valence-corrected chi connectivity index (χ2v) is 5.49. The number of benzene rings is 1. The summed E-state index contributed by atoms with van der Waals surface area (Å²) in [5.41, 5.74) is 2.10. The molecule has 0 spiro atoms. The van der Waals surface area contributed by atoms with Crippen molar-refractivity contribution in [1.29, 1.82) is 0 Å². The van der Waals surface area contributed by atoms with E-state index in [9.17, 15) is 8.42 Å². The summed E-state index contributed by atoms with van der Waals surface area (Å²) in [6, 6.07) is 5.99. The Morgan fingerprint density at radius 3 is 2.06 bits per heavy atom. The lowest BCUT2D eigenvalue weighted by Gasteiger charge is -1.95. The molecular formula is C13H20O4S. The van der Waals surface area contributed by atoms with Crippen LogP contribution in [0.4, 0.5) is 0 Å². The van der Waals surface area contributed by atoms with Gasteiger partial charge in [0.1, 0.15) is 0 Å². The van der Waals surface area contributed by atoms with Crippen LogP contribution in [0.3, 0.4) is 0 Å². The molecule has 0 aliphatic carbocycles. The van der Waals surface area contributed by atoms with E-state index in [4.69, 9.17) is 9.66 Å². The molecule has 0 radical (unpaired) electrons. The summed E-state index contributed by atoms with van der Waals surface area (Å²) in [6.07, 6.45) is 1.81. The largest absolute Gasteiger partial charge is 0.396 e. The summed E-state index contributed by atoms with van der Waals surface area (Å²) in [5, 5.41) is 8.27. The van der Waals surface area contributed by atoms with Gasteiger partial charge in [0.05, 0.1) is 4.90 Å². The second-order valence-electron chi connectivity index (χ2n) is 4.07. The molecule has 0 saturated heterocycles. The van der Waals surface area contributed by atoms with Crippen LogP contribution in [0.25, 0.3) is 0 Å². The third-order valence-corrected chi connectivity index (χ3v) is 2.95. The van der Waals surface area contributed by atoms with Gasteiger partial charge in [0.25, 0.3) is 10.1 Å². The zero-order valence-electron chi connectivity index (χ0n) is 10.8. The van der Waals surface area contributed by atoms with Crippen LogP contribution in [0.5, 0.6) is 0 Å². The van der Waals surface area contributed by atoms with Gasteiger partial charge in [0, 0.05) is 6.61 Å². The molecule has 18 heavy (non-hydrogen) atoms. The Labute approximate surface area is 109 Å². The van der Waals surface area contributed by atoms with Crippen LogP contribution in [0.1, 0.15) is 25.3 Å². The van der Waals surface area contributed by atoms with E-state index in [0.717, 1.165) is 24.0 Å². The fourth-order valence-corrected chi connectivity index (χ4v) is 1.57. The molecule has 0 bridgehead atoms. The molecule has 0 amide bonds. The molecule has 5 heteroatoms. The Bertz CT molecular complexity index is 460. The van der Waals surface area contributed by atoms with Crippen LogP contribution in [0, 0.1) is 6.92 Å². The molecule has 0 saturated carbocycles. The van der Waals surface area contributed by atoms with Gasteiger partial charge < -0.3 is 5.11 Å². The number of rotatable bonds is 4. The summed E-state index contributed by atoms with van der Waals surface area (Å²) in [5.74, 6) is 0. The highest BCUT2D eigenvalue weighted by Gasteiger charge is 2.06. The minimum absolute atomic E-state index is 0.0666. The zero-order valence-corrected chi connectivity index (χ0v) is 11.6. The fourth-order valence-electron chi connectivity index (χ4n) is 1.09. The highest BCUT2D eigenvalue weighted by Crippen LogP contribution is 2.08. The molecule has 1 rings (SSSR count). The standard InChI is InChI=1S/C7H8O3S.C6H12O/c1-6-2-4-7(5-3-6)11(8,9)10;1-6(2)4-3-5-7/h2-5H,1H3,(H,8,9,10);7H,1,3-5H2,2H3. The molecule has 0 aromatic heterocycles. The Kier molecular flexibility index (Phi) is 7.50. The smallest absolute Gasteiger partial charge is 0.294 e. The molecule has 1 aromatic carbocycles. The summed E-state index contributed by atoms with van der Waals surface area (Å²) < 4.78 is 29.6. The maximum Gasteiger partial charge on any atom is 0.294 e. The topological polar surface area (TPSA) is 74.6 Å². The second kappa shape index (κ2) is 8.02. The fraction of sp³-hybridized carbons (Fsp3) is 0.385. The highest BCUT2D eigenvalue weighted by molar-refractivity contribution is 7.85. The molecule has 0 fully saturated rings. The molecule has 0 atom stereocenters. The van der Waals surface area contributed by atoms with Gasteiger partial charge in [-0.15, -0.1) is 6.58 Å². The van der Waals surface area contributed by atoms with Crippen LogP contribution in [0.15, 0.2) is 41.3 Å². The van der Waals surface area contributed by atoms with E-state index in [1.165, 1.54) is 12.1 Å². The predicted octanol–water partition coefficient (Wildman–Crippen LogP) is 2.58. The van der Waals surface area contributed by atoms with E-state index in [1.807, 2.05) is 13.8 Å². The molecule has 0 aliphatic heterocycles. The third kappa shape index (κ3) is 8.00. The summed E-state index contributed by atoms with van der Waals surface area (Å²) >= 11 is 0. The molecule has 4 nitrogen and oxygen atoms in total. The average molecular weight is 272 g/mol. The molecular weight excluding hydrogens is 252 g/mol. The molecule has 0 aliphatic rings. The zero-order chi connectivity index (χ0) is 14.2. The first kappa shape index (κ1) is 16.8. The van der Waals surface area contributed by atoms with Crippen molar-refractivity contribution < 1.29 is 18.1 Å². The SMILES string of the molecule is C=C(C)CCCO.Cc1ccc(S(=O)(=O)O)cc1. The minimum atomic E-state index is -4.02. The van der Waals surface area contributed by atoms with Gasteiger partial charge >= 0.3 is 0 Å². The van der Waals surface area contributed by atoms with Crippen LogP contribution in [0.2, 0.25) is 0 Å². The van der Waals surface area contributed by atoms with Gasteiger partial charge in [-0.05, 0) is 38.8 Å². The van der Waals surface area contributed by atoms with Gasteiger partial charge in [-0.3, -0.25) is 4.55 Å². The first-order valence-electron chi connectivity index (χ1n) is 5.56. The van der Waals surface area contributed by atoms with Crippen LogP contribution >= 0.6 is 0 Å². The van der Waals surface area contributed by atoms with Crippen LogP contribution in [-0.4, -0.2) is 24.7 Å². The Morgan fingerprint density at radius 2 is 1.78 bits per heavy atom. The van der Waals surface area contributed by atoms with Crippen molar-refractivity contribution in [3.05, 3.63) is 42.0 Å². The van der Waals surface area contributed by atoms with Crippen molar-refractivity contribution in [1.82, 2.24) is 0 Å². The summed E-state index contributed by atoms with van der Waals surface area (Å²) in [7, 11) is -4.02. The van der Waals surface area contributed by atoms with E-state index in [2.05, 4.69) is 6.58 Å². The van der Waals surface area contributed by atoms with Crippen molar-refractivity contribution in [2.45, 2.75) is 31.6 Å². The Hall–Kier alpha value is -1.17. The quantitative estimate of drug-likeness (QED) is 0.652. The lowest BCUT2D eigenvalue weighted by molar-refractivity contribution is 0.288. The van der Waals surface area contributed by atoms with Crippen molar-refractivity contribution in [3.63, 3.8) is 0 Å². The summed E-state index contributed by atoms with van der Waals surface area (Å²) in [6.45, 7) is 7.78. The first-order valence-corrected chi connectivity index (χ1v) is 7.00. The maximum absolute atomic E-state index is 10.5. The minimum Gasteiger partial charge on any atom is -0.396 e. The predicted molar refractivity (Wildman–Crippen MR) is 72.1 cm³/mol. The monoisotopic (exact) mass is 272 g/mol. The van der Waals surface area contributed by atoms with E-state index < -0.39 is 10.1 Å². The van der Waals surface area contributed by atoms with Gasteiger partial charge in [-0.25, -0.2) is 0 Å². The number of hydrogen-bond acceptors (Lipinski definition) is 3. The van der Waals surface area contributed by atoms with Crippen molar-refractivity contribution >= 4 is 10.1 Å². The first-order chi connectivity index (χ1) is 8.27. The molecule has 2 N–H and O–H groups in total. The summed E-state index contributed by atoms with van der Waals surface area (Å²) in [4.78, 5) is -0.0666. The van der Waals surface area contributed by atoms with Gasteiger partial charge in [-0.1, -0.05) is 23.3 Å². The number of aryl methyl sites for hydroxylation is 1. The Balaban J connectivity index is 0.000000360. The lowest BCUT2D eigenvalue weighted by atomic mass is 10.2. The van der Waals surface area contributed by atoms with Crippen LogP contribution in [-0.2, 0) is 10.1 Å². The van der Waals surface area contributed by atoms with Gasteiger partial charge in [0.2, 0.25) is 0 Å². The number of hydrogen-bond donors (Lipinski definition) is 2. The van der Waals surface area contributed by atoms with E-state index >= 15 is 0 Å². The van der Waals surface area contributed by atoms with Crippen molar-refractivity contribution in [3.8, 4) is 0 Å². The number of allylic oxidation sites excluding steroid dienone is 1. The number of aliphatic hydroxyl groups excluding tert-OH is 1. The average Bonchev–Trinajstić information content (AvgIpc) is 2.26. The third-order valence-electron chi connectivity index (χ3n) is 2.08. The van der Waals surface area contributed by atoms with E-state index in [1.54, 1.807) is 12.1 Å². The molecule has 102 valence electrons. The van der Waals surface area contributed by atoms with Crippen molar-refractivity contribution in [2.75, 3.05) is 6.61 Å². The van der Waals surface area contributed by atoms with Gasteiger partial charge in [-0.2, -0.15) is 8.42 Å². The highest BCUT2D eigenvalue weighted by atomic mass is 32.2. The van der Waals surface area contributed by atoms with Gasteiger partial charge in [0.15, 0.2) is 0 Å². The normalized spacial score (nSPS) is 10.4. The van der Waals surface area contributed by atoms with E-state index in [-0.39, 0.29) is 11.5 Å². The van der Waals surface area contributed by atoms with E-state index in [0.29, 0.717) is 0 Å². The number of aliphatic hydroxyl groups is 1. The lowest BCUT2D eigenvalue weighted by Crippen LogP contribution is -1.96. The van der Waals surface area contributed by atoms with Crippen LogP contribution < -0.4 is 0 Å². The maximum atomic E-state index is 10.5. The van der Waals surface area contributed by atoms with Crippen molar-refractivity contribution in [2.24, 2.45) is 0 Å². The Morgan fingerprint density at radius 1 is 1.28 bits per heavy atom. The molecule has 1 aromatic rings.